The van der Waals surface area contributed by atoms with Gasteiger partial charge in [0.25, 0.3) is 0 Å². The number of alkyl halides is 3. The van der Waals surface area contributed by atoms with Crippen molar-refractivity contribution in [3.05, 3.63) is 51.7 Å². The molecule has 120 valence electrons. The van der Waals surface area contributed by atoms with Gasteiger partial charge in [-0.3, -0.25) is 4.79 Å². The van der Waals surface area contributed by atoms with Gasteiger partial charge >= 0.3 is 6.18 Å². The third-order valence-corrected chi connectivity index (χ3v) is 4.49. The number of carbonyl (C=O) groups excluding carboxylic acids is 1. The van der Waals surface area contributed by atoms with Crippen molar-refractivity contribution in [3.63, 3.8) is 0 Å². The van der Waals surface area contributed by atoms with E-state index in [1.54, 1.807) is 0 Å². The molecule has 0 radical (unpaired) electrons. The molecule has 0 unspecified atom stereocenters. The van der Waals surface area contributed by atoms with Crippen LogP contribution in [0.5, 0.6) is 0 Å². The molecule has 0 aliphatic heterocycles. The zero-order chi connectivity index (χ0) is 16.6. The topological polar surface area (TPSA) is 43.1 Å². The maximum Gasteiger partial charge on any atom is 0.427 e. The molecule has 0 bridgehead atoms. The van der Waals surface area contributed by atoms with Crippen molar-refractivity contribution in [2.45, 2.75) is 25.9 Å². The maximum absolute atomic E-state index is 12.5. The van der Waals surface area contributed by atoms with Crippen LogP contribution in [0, 0.1) is 6.92 Å². The van der Waals surface area contributed by atoms with Crippen molar-refractivity contribution in [3.8, 4) is 0 Å². The Hall–Kier alpha value is -2.15. The lowest BCUT2D eigenvalue weighted by atomic mass is 10.0. The highest BCUT2D eigenvalue weighted by atomic mass is 32.1. The highest BCUT2D eigenvalue weighted by Crippen LogP contribution is 2.33. The summed E-state index contributed by atoms with van der Waals surface area (Å²) in [6, 6.07) is 5.64. The van der Waals surface area contributed by atoms with Crippen molar-refractivity contribution < 1.29 is 22.4 Å². The first-order valence-corrected chi connectivity index (χ1v) is 7.65. The number of para-hydroxylation sites is 1. The third kappa shape index (κ3) is 3.29. The summed E-state index contributed by atoms with van der Waals surface area (Å²) >= 11 is 0.506. The molecule has 0 aliphatic rings. The molecule has 7 heteroatoms. The number of aryl methyl sites for hydroxylation is 1. The lowest BCUT2D eigenvalue weighted by Gasteiger charge is -2.00. The molecule has 23 heavy (non-hydrogen) atoms. The van der Waals surface area contributed by atoms with Crippen molar-refractivity contribution in [1.82, 2.24) is 4.98 Å². The number of fused-ring (bicyclic) bond motifs is 1. The maximum atomic E-state index is 12.5. The molecule has 2 heterocycles. The van der Waals surface area contributed by atoms with E-state index in [9.17, 15) is 18.0 Å². The fourth-order valence-electron chi connectivity index (χ4n) is 2.36. The first kappa shape index (κ1) is 15.7. The lowest BCUT2D eigenvalue weighted by Crippen LogP contribution is -2.06. The highest BCUT2D eigenvalue weighted by molar-refractivity contribution is 7.11. The predicted octanol–water partition coefficient (Wildman–Crippen LogP) is 4.57. The van der Waals surface area contributed by atoms with Gasteiger partial charge in [-0.05, 0) is 12.5 Å². The number of hydrogen-bond donors (Lipinski definition) is 0. The van der Waals surface area contributed by atoms with E-state index in [1.165, 1.54) is 6.26 Å². The van der Waals surface area contributed by atoms with Gasteiger partial charge in [0.15, 0.2) is 0 Å². The number of ketones is 1. The predicted molar refractivity (Wildman–Crippen MR) is 80.5 cm³/mol. The number of halogens is 3. The molecule has 3 rings (SSSR count). The van der Waals surface area contributed by atoms with E-state index < -0.39 is 11.1 Å². The lowest BCUT2D eigenvalue weighted by molar-refractivity contribution is -0.134. The summed E-state index contributed by atoms with van der Waals surface area (Å²) in [7, 11) is 0. The molecule has 0 spiro atoms. The van der Waals surface area contributed by atoms with Crippen LogP contribution in [-0.2, 0) is 23.8 Å². The van der Waals surface area contributed by atoms with Crippen LogP contribution in [-0.4, -0.2) is 10.8 Å². The van der Waals surface area contributed by atoms with Gasteiger partial charge in [-0.2, -0.15) is 13.2 Å². The van der Waals surface area contributed by atoms with Crippen LogP contribution in [0.1, 0.15) is 21.0 Å². The number of thiazole rings is 1. The molecular formula is C16H12F3NO2S. The molecular weight excluding hydrogens is 327 g/mol. The minimum atomic E-state index is -4.42. The molecule has 2 aromatic heterocycles. The summed E-state index contributed by atoms with van der Waals surface area (Å²) in [5.74, 6) is -0.197. The van der Waals surface area contributed by atoms with Crippen LogP contribution >= 0.6 is 11.3 Å². The number of hydrogen-bond acceptors (Lipinski definition) is 4. The Morgan fingerprint density at radius 2 is 2.09 bits per heavy atom. The van der Waals surface area contributed by atoms with E-state index in [-0.39, 0.29) is 23.6 Å². The van der Waals surface area contributed by atoms with E-state index in [2.05, 4.69) is 4.98 Å². The van der Waals surface area contributed by atoms with Gasteiger partial charge in [0.05, 0.1) is 18.9 Å². The van der Waals surface area contributed by atoms with Crippen molar-refractivity contribution in [2.75, 3.05) is 0 Å². The van der Waals surface area contributed by atoms with Crippen LogP contribution in [0.25, 0.3) is 11.0 Å². The van der Waals surface area contributed by atoms with Gasteiger partial charge in [0, 0.05) is 17.4 Å². The molecule has 3 aromatic rings. The zero-order valence-corrected chi connectivity index (χ0v) is 12.9. The zero-order valence-electron chi connectivity index (χ0n) is 12.1. The summed E-state index contributed by atoms with van der Waals surface area (Å²) < 4.78 is 43.1. The Morgan fingerprint density at radius 3 is 2.78 bits per heavy atom. The largest absolute Gasteiger partial charge is 0.464 e. The number of nitrogens with zero attached hydrogens (tertiary/aromatic N) is 1. The van der Waals surface area contributed by atoms with Crippen LogP contribution < -0.4 is 0 Å². The van der Waals surface area contributed by atoms with Crippen LogP contribution in [0.4, 0.5) is 13.2 Å². The number of Topliss-reactive ketones (excluding diaryl/α,β-unsaturated/α-hetero) is 1. The van der Waals surface area contributed by atoms with Gasteiger partial charge in [0.1, 0.15) is 21.3 Å². The van der Waals surface area contributed by atoms with Gasteiger partial charge in [-0.25, -0.2) is 4.98 Å². The van der Waals surface area contributed by atoms with Crippen molar-refractivity contribution in [1.29, 1.82) is 0 Å². The molecule has 0 amide bonds. The second-order valence-electron chi connectivity index (χ2n) is 5.22. The standard InChI is InChI=1S/C16H12F3NO2S/c1-9-3-2-4-12-10(8-22-15(9)12)5-11(21)6-14-20-7-13(23-14)16(17,18)19/h2-4,7-8H,5-6H2,1H3. The fraction of sp³-hybridized carbons (Fsp3) is 0.250. The monoisotopic (exact) mass is 339 g/mol. The van der Waals surface area contributed by atoms with E-state index in [1.807, 2.05) is 25.1 Å². The summed E-state index contributed by atoms with van der Waals surface area (Å²) in [6.45, 7) is 1.91. The Morgan fingerprint density at radius 1 is 1.30 bits per heavy atom. The number of rotatable bonds is 4. The number of aromatic nitrogens is 1. The molecule has 0 saturated carbocycles. The van der Waals surface area contributed by atoms with Crippen molar-refractivity contribution >= 4 is 28.1 Å². The van der Waals surface area contributed by atoms with E-state index in [0.717, 1.165) is 28.3 Å². The first-order chi connectivity index (χ1) is 10.8. The Kier molecular flexibility index (Phi) is 3.97. The summed E-state index contributed by atoms with van der Waals surface area (Å²) in [4.78, 5) is 15.0. The summed E-state index contributed by atoms with van der Waals surface area (Å²) in [5, 5.41) is 1.03. The second kappa shape index (κ2) is 5.81. The van der Waals surface area contributed by atoms with Crippen LogP contribution in [0.3, 0.4) is 0 Å². The second-order valence-corrected chi connectivity index (χ2v) is 6.34. The van der Waals surface area contributed by atoms with Gasteiger partial charge in [-0.15, -0.1) is 11.3 Å². The van der Waals surface area contributed by atoms with Crippen LogP contribution in [0.15, 0.2) is 35.1 Å². The molecule has 0 N–H and O–H groups in total. The first-order valence-electron chi connectivity index (χ1n) is 6.84. The molecule has 0 aliphatic carbocycles. The highest BCUT2D eigenvalue weighted by Gasteiger charge is 2.33. The Bertz CT molecular complexity index is 864. The molecule has 0 saturated heterocycles. The smallest absolute Gasteiger partial charge is 0.427 e. The van der Waals surface area contributed by atoms with Gasteiger partial charge < -0.3 is 4.42 Å². The van der Waals surface area contributed by atoms with E-state index >= 15 is 0 Å². The van der Waals surface area contributed by atoms with E-state index in [0.29, 0.717) is 11.3 Å². The summed E-state index contributed by atoms with van der Waals surface area (Å²) in [6.07, 6.45) is -2.13. The minimum Gasteiger partial charge on any atom is -0.464 e. The SMILES string of the molecule is Cc1cccc2c(CC(=O)Cc3ncc(C(F)(F)F)s3)coc12. The minimum absolute atomic E-state index is 0.109. The summed E-state index contributed by atoms with van der Waals surface area (Å²) in [5.41, 5.74) is 2.43. The number of furan rings is 1. The molecule has 0 atom stereocenters. The van der Waals surface area contributed by atoms with Gasteiger partial charge in [0.2, 0.25) is 0 Å². The van der Waals surface area contributed by atoms with E-state index in [4.69, 9.17) is 4.42 Å². The molecule has 0 fully saturated rings. The number of carbonyl (C=O) groups is 1. The fourth-order valence-corrected chi connectivity index (χ4v) is 3.17. The third-order valence-electron chi connectivity index (χ3n) is 3.45. The number of benzene rings is 1. The average molecular weight is 339 g/mol. The Balaban J connectivity index is 1.74. The average Bonchev–Trinajstić information content (AvgIpc) is 3.07. The Labute approximate surface area is 133 Å². The van der Waals surface area contributed by atoms with Crippen LogP contribution in [0.2, 0.25) is 0 Å². The van der Waals surface area contributed by atoms with Gasteiger partial charge in [-0.1, -0.05) is 18.2 Å². The van der Waals surface area contributed by atoms with Crippen molar-refractivity contribution in [2.24, 2.45) is 0 Å². The quantitative estimate of drug-likeness (QED) is 0.699. The normalized spacial score (nSPS) is 12.0. The molecule has 1 aromatic carbocycles. The molecule has 3 nitrogen and oxygen atoms in total.